The van der Waals surface area contributed by atoms with Gasteiger partial charge in [0.25, 0.3) is 5.91 Å². The molecule has 31 heavy (non-hydrogen) atoms. The van der Waals surface area contributed by atoms with Gasteiger partial charge in [-0.2, -0.15) is 0 Å². The van der Waals surface area contributed by atoms with Crippen molar-refractivity contribution in [2.45, 2.75) is 26.8 Å². The molecule has 0 aromatic carbocycles. The largest absolute Gasteiger partial charge is 0.447 e. The van der Waals surface area contributed by atoms with Crippen LogP contribution in [0, 0.1) is 20.8 Å². The number of aliphatic hydroxyl groups excluding tert-OH is 1. The molecule has 2 amide bonds. The number of piperazine rings is 1. The summed E-state index contributed by atoms with van der Waals surface area (Å²) in [6.07, 6.45) is 0.927. The maximum absolute atomic E-state index is 12.9. The first-order valence-electron chi connectivity index (χ1n) is 10.4. The molecule has 4 rings (SSSR count). The van der Waals surface area contributed by atoms with E-state index in [0.29, 0.717) is 37.6 Å². The van der Waals surface area contributed by atoms with Crippen LogP contribution in [0.4, 0.5) is 16.4 Å². The van der Waals surface area contributed by atoms with Crippen molar-refractivity contribution in [3.8, 4) is 0 Å². The van der Waals surface area contributed by atoms with Gasteiger partial charge in [-0.3, -0.25) is 9.69 Å². The van der Waals surface area contributed by atoms with Gasteiger partial charge in [0.05, 0.1) is 18.2 Å². The Labute approximate surface area is 181 Å². The molecule has 164 valence electrons. The third-order valence-corrected chi connectivity index (χ3v) is 5.91. The Hall–Kier alpha value is -3.20. The number of pyridine rings is 2. The van der Waals surface area contributed by atoms with E-state index in [-0.39, 0.29) is 19.1 Å². The highest BCUT2D eigenvalue weighted by atomic mass is 16.6. The van der Waals surface area contributed by atoms with Gasteiger partial charge in [-0.1, -0.05) is 6.07 Å². The molecule has 1 atom stereocenters. The number of carbonyl (C=O) groups excluding carboxylic acids is 2. The molecule has 2 fully saturated rings. The summed E-state index contributed by atoms with van der Waals surface area (Å²) in [6, 6.07) is 4.96. The molecule has 0 bridgehead atoms. The van der Waals surface area contributed by atoms with E-state index in [9.17, 15) is 14.7 Å². The fraction of sp³-hybridized carbons (Fsp3) is 0.455. The number of rotatable bonds is 4. The Bertz CT molecular complexity index is 986. The van der Waals surface area contributed by atoms with Gasteiger partial charge in [0.2, 0.25) is 0 Å². The monoisotopic (exact) mass is 425 g/mol. The van der Waals surface area contributed by atoms with Crippen molar-refractivity contribution in [3.05, 3.63) is 46.8 Å². The molecule has 4 heterocycles. The second-order valence-corrected chi connectivity index (χ2v) is 8.00. The number of cyclic esters (lactones) is 1. The predicted molar refractivity (Wildman–Crippen MR) is 116 cm³/mol. The zero-order chi connectivity index (χ0) is 22.1. The molecule has 2 aliphatic rings. The highest BCUT2D eigenvalue weighted by Crippen LogP contribution is 2.23. The zero-order valence-electron chi connectivity index (χ0n) is 18.0. The maximum atomic E-state index is 12.9. The van der Waals surface area contributed by atoms with Crippen molar-refractivity contribution in [1.82, 2.24) is 14.9 Å². The Morgan fingerprint density at radius 2 is 1.90 bits per heavy atom. The van der Waals surface area contributed by atoms with Crippen LogP contribution < -0.4 is 9.80 Å². The molecular formula is C22H27N5O4. The highest BCUT2D eigenvalue weighted by molar-refractivity contribution is 5.95. The minimum atomic E-state index is -0.544. The molecule has 0 saturated carbocycles. The first-order valence-corrected chi connectivity index (χ1v) is 10.4. The second kappa shape index (κ2) is 8.50. The number of nitrogens with zero attached hydrogens (tertiary/aromatic N) is 5. The Morgan fingerprint density at radius 1 is 1.16 bits per heavy atom. The first-order chi connectivity index (χ1) is 14.9. The first kappa shape index (κ1) is 21.0. The molecule has 0 aliphatic carbocycles. The van der Waals surface area contributed by atoms with Crippen molar-refractivity contribution in [2.75, 3.05) is 49.2 Å². The Morgan fingerprint density at radius 3 is 2.55 bits per heavy atom. The normalized spacial score (nSPS) is 19.0. The van der Waals surface area contributed by atoms with E-state index in [1.807, 2.05) is 11.8 Å². The maximum Gasteiger partial charge on any atom is 0.416 e. The molecule has 0 radical (unpaired) electrons. The lowest BCUT2D eigenvalue weighted by atomic mass is 10.1. The zero-order valence-corrected chi connectivity index (χ0v) is 18.0. The van der Waals surface area contributed by atoms with E-state index in [0.717, 1.165) is 17.1 Å². The molecule has 0 spiro atoms. The van der Waals surface area contributed by atoms with Crippen LogP contribution in [0.2, 0.25) is 0 Å². The quantitative estimate of drug-likeness (QED) is 0.796. The number of aliphatic hydroxyl groups is 1. The van der Waals surface area contributed by atoms with E-state index < -0.39 is 12.1 Å². The second-order valence-electron chi connectivity index (χ2n) is 8.00. The third kappa shape index (κ3) is 4.05. The van der Waals surface area contributed by atoms with Gasteiger partial charge in [-0.05, 0) is 44.0 Å². The van der Waals surface area contributed by atoms with E-state index in [2.05, 4.69) is 29.8 Å². The number of aromatic nitrogens is 2. The fourth-order valence-electron chi connectivity index (χ4n) is 3.98. The molecule has 9 nitrogen and oxygen atoms in total. The SMILES string of the molecule is Cc1cc(C)c(N2CCN(C(=O)c3ccc(N4C(=O)OCC4CO)nc3)CC2)nc1C. The summed E-state index contributed by atoms with van der Waals surface area (Å²) in [7, 11) is 0. The molecule has 2 aromatic heterocycles. The minimum Gasteiger partial charge on any atom is -0.447 e. The lowest BCUT2D eigenvalue weighted by Crippen LogP contribution is -2.49. The standard InChI is InChI=1S/C22H27N5O4/c1-14-10-15(2)20(24-16(14)3)25-6-8-26(9-7-25)21(29)17-4-5-19(23-11-17)27-18(12-28)13-31-22(27)30/h4-5,10-11,18,28H,6-9,12-13H2,1-3H3. The van der Waals surface area contributed by atoms with Crippen LogP contribution in [0.15, 0.2) is 24.4 Å². The van der Waals surface area contributed by atoms with Gasteiger partial charge in [0.1, 0.15) is 18.2 Å². The summed E-state index contributed by atoms with van der Waals surface area (Å²) in [5, 5.41) is 9.41. The van der Waals surface area contributed by atoms with E-state index in [1.54, 1.807) is 12.1 Å². The summed E-state index contributed by atoms with van der Waals surface area (Å²) >= 11 is 0. The topological polar surface area (TPSA) is 99.1 Å². The number of carbonyl (C=O) groups is 2. The van der Waals surface area contributed by atoms with Crippen molar-refractivity contribution in [1.29, 1.82) is 0 Å². The van der Waals surface area contributed by atoms with Crippen LogP contribution in [0.1, 0.15) is 27.2 Å². The average Bonchev–Trinajstić information content (AvgIpc) is 3.16. The van der Waals surface area contributed by atoms with Crippen LogP contribution in [0.3, 0.4) is 0 Å². The van der Waals surface area contributed by atoms with Gasteiger partial charge < -0.3 is 19.6 Å². The van der Waals surface area contributed by atoms with Crippen LogP contribution in [0.25, 0.3) is 0 Å². The summed E-state index contributed by atoms with van der Waals surface area (Å²) < 4.78 is 4.97. The number of anilines is 2. The van der Waals surface area contributed by atoms with Crippen LogP contribution in [-0.4, -0.2) is 77.4 Å². The van der Waals surface area contributed by atoms with Gasteiger partial charge >= 0.3 is 6.09 Å². The molecule has 2 aliphatic heterocycles. The van der Waals surface area contributed by atoms with Gasteiger partial charge in [0.15, 0.2) is 0 Å². The molecule has 2 aromatic rings. The summed E-state index contributed by atoms with van der Waals surface area (Å²) in [5.74, 6) is 1.25. The van der Waals surface area contributed by atoms with Crippen LogP contribution >= 0.6 is 0 Å². The smallest absolute Gasteiger partial charge is 0.416 e. The number of amides is 2. The molecule has 1 N–H and O–H groups in total. The number of hydrogen-bond acceptors (Lipinski definition) is 7. The predicted octanol–water partition coefficient (Wildman–Crippen LogP) is 1.68. The lowest BCUT2D eigenvalue weighted by molar-refractivity contribution is 0.0746. The lowest BCUT2D eigenvalue weighted by Gasteiger charge is -2.36. The third-order valence-electron chi connectivity index (χ3n) is 5.91. The van der Waals surface area contributed by atoms with Crippen molar-refractivity contribution >= 4 is 23.6 Å². The molecular weight excluding hydrogens is 398 g/mol. The van der Waals surface area contributed by atoms with Crippen LogP contribution in [-0.2, 0) is 4.74 Å². The van der Waals surface area contributed by atoms with Gasteiger partial charge in [-0.25, -0.2) is 14.8 Å². The van der Waals surface area contributed by atoms with Gasteiger partial charge in [-0.15, -0.1) is 0 Å². The average molecular weight is 425 g/mol. The van der Waals surface area contributed by atoms with Crippen molar-refractivity contribution in [3.63, 3.8) is 0 Å². The summed E-state index contributed by atoms with van der Waals surface area (Å²) in [6.45, 7) is 8.67. The number of aryl methyl sites for hydroxylation is 3. The summed E-state index contributed by atoms with van der Waals surface area (Å²) in [5.41, 5.74) is 3.81. The van der Waals surface area contributed by atoms with Crippen LogP contribution in [0.5, 0.6) is 0 Å². The van der Waals surface area contributed by atoms with E-state index in [1.165, 1.54) is 16.7 Å². The van der Waals surface area contributed by atoms with Crippen molar-refractivity contribution in [2.24, 2.45) is 0 Å². The fourth-order valence-corrected chi connectivity index (χ4v) is 3.98. The molecule has 2 saturated heterocycles. The Kier molecular flexibility index (Phi) is 5.77. The molecule has 9 heteroatoms. The minimum absolute atomic E-state index is 0.0915. The Balaban J connectivity index is 1.41. The highest BCUT2D eigenvalue weighted by Gasteiger charge is 2.34. The number of ether oxygens (including phenoxy) is 1. The molecule has 1 unspecified atom stereocenters. The van der Waals surface area contributed by atoms with Gasteiger partial charge in [0, 0.05) is 38.1 Å². The number of hydrogen-bond donors (Lipinski definition) is 1. The van der Waals surface area contributed by atoms with E-state index in [4.69, 9.17) is 9.72 Å². The summed E-state index contributed by atoms with van der Waals surface area (Å²) in [4.78, 5) is 39.2. The van der Waals surface area contributed by atoms with Crippen molar-refractivity contribution < 1.29 is 19.4 Å². The van der Waals surface area contributed by atoms with E-state index >= 15 is 0 Å².